The van der Waals surface area contributed by atoms with E-state index < -0.39 is 0 Å². The van der Waals surface area contributed by atoms with Gasteiger partial charge in [0.2, 0.25) is 0 Å². The molecule has 1 aromatic carbocycles. The monoisotopic (exact) mass is 287 g/mol. The molecule has 0 aliphatic heterocycles. The van der Waals surface area contributed by atoms with E-state index in [4.69, 9.17) is 25.8 Å². The van der Waals surface area contributed by atoms with Crippen molar-refractivity contribution in [1.82, 2.24) is 5.32 Å². The van der Waals surface area contributed by atoms with Crippen LogP contribution in [-0.2, 0) is 4.74 Å². The van der Waals surface area contributed by atoms with Crippen molar-refractivity contribution in [1.29, 1.82) is 0 Å². The topological polar surface area (TPSA) is 56.8 Å². The molecule has 0 heterocycles. The van der Waals surface area contributed by atoms with Crippen molar-refractivity contribution in [2.24, 2.45) is 0 Å². The number of hydrogen-bond donors (Lipinski definition) is 1. The highest BCUT2D eigenvalue weighted by atomic mass is 35.5. The van der Waals surface area contributed by atoms with Crippen molar-refractivity contribution in [2.45, 2.75) is 5.38 Å². The number of amides is 1. The third-order valence-corrected chi connectivity index (χ3v) is 2.76. The highest BCUT2D eigenvalue weighted by Gasteiger charge is 2.16. The summed E-state index contributed by atoms with van der Waals surface area (Å²) in [4.78, 5) is 12.1. The normalized spacial score (nSPS) is 11.8. The van der Waals surface area contributed by atoms with Crippen molar-refractivity contribution in [3.63, 3.8) is 0 Å². The lowest BCUT2D eigenvalue weighted by atomic mass is 10.1. The van der Waals surface area contributed by atoms with Gasteiger partial charge >= 0.3 is 0 Å². The van der Waals surface area contributed by atoms with E-state index in [1.807, 2.05) is 0 Å². The summed E-state index contributed by atoms with van der Waals surface area (Å²) in [5, 5.41) is 2.45. The summed E-state index contributed by atoms with van der Waals surface area (Å²) in [5.41, 5.74) is 0.406. The molecule has 0 spiro atoms. The van der Waals surface area contributed by atoms with Gasteiger partial charge in [-0.2, -0.15) is 0 Å². The van der Waals surface area contributed by atoms with Crippen LogP contribution in [0.2, 0.25) is 0 Å². The number of carbonyl (C=O) groups excluding carboxylic acids is 1. The van der Waals surface area contributed by atoms with Crippen molar-refractivity contribution < 1.29 is 19.0 Å². The molecular weight excluding hydrogens is 270 g/mol. The second-order valence-corrected chi connectivity index (χ2v) is 4.42. The van der Waals surface area contributed by atoms with Crippen LogP contribution in [0.3, 0.4) is 0 Å². The number of hydrogen-bond acceptors (Lipinski definition) is 4. The summed E-state index contributed by atoms with van der Waals surface area (Å²) < 4.78 is 15.2. The summed E-state index contributed by atoms with van der Waals surface area (Å²) >= 11 is 5.95. The van der Waals surface area contributed by atoms with Crippen molar-refractivity contribution in [3.8, 4) is 11.5 Å². The molecular formula is C13H18ClNO4. The predicted octanol–water partition coefficient (Wildman–Crippen LogP) is 1.69. The number of para-hydroxylation sites is 1. The van der Waals surface area contributed by atoms with Crippen molar-refractivity contribution in [3.05, 3.63) is 23.8 Å². The zero-order chi connectivity index (χ0) is 14.3. The molecule has 1 aromatic rings. The van der Waals surface area contributed by atoms with Crippen LogP contribution in [0, 0.1) is 0 Å². The van der Waals surface area contributed by atoms with Crippen molar-refractivity contribution in [2.75, 3.05) is 34.5 Å². The molecule has 0 saturated carbocycles. The van der Waals surface area contributed by atoms with Gasteiger partial charge in [0.25, 0.3) is 5.91 Å². The molecule has 0 saturated heterocycles. The lowest BCUT2D eigenvalue weighted by Crippen LogP contribution is -2.31. The average Bonchev–Trinajstić information content (AvgIpc) is 2.44. The van der Waals surface area contributed by atoms with E-state index in [-0.39, 0.29) is 11.3 Å². The van der Waals surface area contributed by atoms with Crippen LogP contribution in [0.15, 0.2) is 18.2 Å². The molecule has 1 rings (SSSR count). The van der Waals surface area contributed by atoms with E-state index in [0.717, 1.165) is 0 Å². The van der Waals surface area contributed by atoms with E-state index >= 15 is 0 Å². The maximum atomic E-state index is 12.1. The van der Waals surface area contributed by atoms with Crippen LogP contribution >= 0.6 is 11.6 Å². The molecule has 0 aromatic heterocycles. The van der Waals surface area contributed by atoms with E-state index in [0.29, 0.717) is 30.2 Å². The minimum absolute atomic E-state index is 0.266. The number of alkyl halides is 1. The van der Waals surface area contributed by atoms with Gasteiger partial charge in [-0.25, -0.2) is 0 Å². The number of carbonyl (C=O) groups is 1. The zero-order valence-electron chi connectivity index (χ0n) is 11.2. The molecule has 0 bridgehead atoms. The lowest BCUT2D eigenvalue weighted by Gasteiger charge is -2.14. The maximum absolute atomic E-state index is 12.1. The zero-order valence-corrected chi connectivity index (χ0v) is 12.0. The average molecular weight is 288 g/mol. The molecule has 106 valence electrons. The second kappa shape index (κ2) is 7.86. The molecule has 0 aliphatic rings. The number of benzene rings is 1. The number of halogens is 1. The first-order chi connectivity index (χ1) is 9.13. The van der Waals surface area contributed by atoms with Gasteiger partial charge in [0, 0.05) is 13.7 Å². The molecule has 0 radical (unpaired) electrons. The van der Waals surface area contributed by atoms with Gasteiger partial charge in [-0.1, -0.05) is 6.07 Å². The number of nitrogens with one attached hydrogen (secondary N) is 1. The largest absolute Gasteiger partial charge is 0.493 e. The Morgan fingerprint density at radius 1 is 1.32 bits per heavy atom. The predicted molar refractivity (Wildman–Crippen MR) is 73.4 cm³/mol. The Morgan fingerprint density at radius 2 is 2.05 bits per heavy atom. The van der Waals surface area contributed by atoms with Gasteiger partial charge < -0.3 is 19.5 Å². The van der Waals surface area contributed by atoms with Crippen LogP contribution in [0.5, 0.6) is 11.5 Å². The summed E-state index contributed by atoms with van der Waals surface area (Å²) in [6, 6.07) is 5.12. The number of ether oxygens (including phenoxy) is 3. The van der Waals surface area contributed by atoms with Crippen LogP contribution in [0.25, 0.3) is 0 Å². The molecule has 0 aliphatic carbocycles. The summed E-state index contributed by atoms with van der Waals surface area (Å²) in [6.07, 6.45) is 0. The van der Waals surface area contributed by atoms with E-state index in [1.165, 1.54) is 14.2 Å². The Morgan fingerprint density at radius 3 is 2.63 bits per heavy atom. The van der Waals surface area contributed by atoms with Crippen LogP contribution < -0.4 is 14.8 Å². The molecule has 1 N–H and O–H groups in total. The molecule has 6 heteroatoms. The second-order valence-electron chi connectivity index (χ2n) is 3.80. The summed E-state index contributed by atoms with van der Waals surface area (Å²) in [6.45, 7) is 0.686. The molecule has 5 nitrogen and oxygen atoms in total. The van der Waals surface area contributed by atoms with E-state index in [1.54, 1.807) is 25.3 Å². The highest BCUT2D eigenvalue weighted by Crippen LogP contribution is 2.30. The number of methoxy groups -OCH3 is 3. The van der Waals surface area contributed by atoms with Crippen molar-refractivity contribution >= 4 is 17.5 Å². The molecule has 1 amide bonds. The summed E-state index contributed by atoms with van der Waals surface area (Å²) in [5.74, 6) is 0.646. The molecule has 1 atom stereocenters. The smallest absolute Gasteiger partial charge is 0.255 e. The fraction of sp³-hybridized carbons (Fsp3) is 0.462. The Hall–Kier alpha value is -1.46. The first-order valence-electron chi connectivity index (χ1n) is 5.76. The molecule has 0 fully saturated rings. The van der Waals surface area contributed by atoms with Gasteiger partial charge in [-0.15, -0.1) is 11.6 Å². The van der Waals surface area contributed by atoms with Crippen LogP contribution in [0.4, 0.5) is 0 Å². The van der Waals surface area contributed by atoms with Gasteiger partial charge in [-0.3, -0.25) is 4.79 Å². The first-order valence-corrected chi connectivity index (χ1v) is 6.19. The highest BCUT2D eigenvalue weighted by molar-refractivity contribution is 6.21. The minimum atomic E-state index is -0.273. The fourth-order valence-corrected chi connectivity index (χ4v) is 1.81. The maximum Gasteiger partial charge on any atom is 0.255 e. The van der Waals surface area contributed by atoms with Gasteiger partial charge in [0.05, 0.1) is 31.8 Å². The fourth-order valence-electron chi connectivity index (χ4n) is 1.60. The van der Waals surface area contributed by atoms with Gasteiger partial charge in [-0.05, 0) is 12.1 Å². The lowest BCUT2D eigenvalue weighted by molar-refractivity contribution is 0.0945. The Bertz CT molecular complexity index is 425. The third-order valence-electron chi connectivity index (χ3n) is 2.48. The Balaban J connectivity index is 2.76. The quantitative estimate of drug-likeness (QED) is 0.776. The third kappa shape index (κ3) is 4.29. The standard InChI is InChI=1S/C13H18ClNO4/c1-17-8-9(14)7-15-13(16)10-5-4-6-11(18-2)12(10)19-3/h4-6,9H,7-8H2,1-3H3,(H,15,16). The Kier molecular flexibility index (Phi) is 6.45. The molecule has 19 heavy (non-hydrogen) atoms. The van der Waals surface area contributed by atoms with E-state index in [2.05, 4.69) is 5.32 Å². The summed E-state index contributed by atoms with van der Waals surface area (Å²) in [7, 11) is 4.57. The van der Waals surface area contributed by atoms with Crippen LogP contribution in [0.1, 0.15) is 10.4 Å². The SMILES string of the molecule is COCC(Cl)CNC(=O)c1cccc(OC)c1OC. The van der Waals surface area contributed by atoms with E-state index in [9.17, 15) is 4.79 Å². The first kappa shape index (κ1) is 15.6. The van der Waals surface area contributed by atoms with Crippen LogP contribution in [-0.4, -0.2) is 45.8 Å². The Labute approximate surface area is 117 Å². The van der Waals surface area contributed by atoms with Gasteiger partial charge in [0.15, 0.2) is 11.5 Å². The van der Waals surface area contributed by atoms with Gasteiger partial charge in [0.1, 0.15) is 0 Å². The minimum Gasteiger partial charge on any atom is -0.493 e. The number of rotatable bonds is 7. The molecule has 1 unspecified atom stereocenters.